The number of aliphatic hydroxyl groups is 1. The van der Waals surface area contributed by atoms with Crippen LogP contribution in [0.1, 0.15) is 9.88 Å². The molecule has 1 aromatic heterocycles. The van der Waals surface area contributed by atoms with Crippen LogP contribution in [0, 0.1) is 6.92 Å². The van der Waals surface area contributed by atoms with E-state index in [-0.39, 0.29) is 6.61 Å². The van der Waals surface area contributed by atoms with Crippen LogP contribution in [0.25, 0.3) is 0 Å². The maximum atomic E-state index is 8.56. The van der Waals surface area contributed by atoms with Crippen molar-refractivity contribution in [2.45, 2.75) is 13.5 Å². The Kier molecular flexibility index (Phi) is 2.05. The lowest BCUT2D eigenvalue weighted by molar-refractivity contribution is 0.281. The van der Waals surface area contributed by atoms with Gasteiger partial charge in [0.1, 0.15) is 10.2 Å². The van der Waals surface area contributed by atoms with Crippen molar-refractivity contribution in [2.24, 2.45) is 0 Å². The molecule has 0 aliphatic rings. The number of aliphatic hydroxyl groups excluding tert-OH is 1. The van der Waals surface area contributed by atoms with Gasteiger partial charge in [-0.15, -0.1) is 11.3 Å². The molecule has 0 atom stereocenters. The highest BCUT2D eigenvalue weighted by Gasteiger charge is 2.01. The molecule has 1 N–H and O–H groups in total. The molecule has 0 unspecified atom stereocenters. The van der Waals surface area contributed by atoms with Crippen LogP contribution in [0.2, 0.25) is 5.15 Å². The van der Waals surface area contributed by atoms with Crippen molar-refractivity contribution in [3.05, 3.63) is 15.0 Å². The van der Waals surface area contributed by atoms with Crippen LogP contribution >= 0.6 is 22.9 Å². The van der Waals surface area contributed by atoms with Crippen molar-refractivity contribution in [1.29, 1.82) is 0 Å². The molecule has 2 nitrogen and oxygen atoms in total. The van der Waals surface area contributed by atoms with Crippen LogP contribution in [0.4, 0.5) is 0 Å². The van der Waals surface area contributed by atoms with E-state index in [1.54, 1.807) is 0 Å². The zero-order valence-corrected chi connectivity index (χ0v) is 6.46. The Labute approximate surface area is 62.1 Å². The molecular formula is C5H6ClNOS. The molecule has 1 rings (SSSR count). The monoisotopic (exact) mass is 163 g/mol. The number of hydrogen-bond acceptors (Lipinski definition) is 3. The smallest absolute Gasteiger partial charge is 0.143 e. The van der Waals surface area contributed by atoms with Gasteiger partial charge in [-0.3, -0.25) is 0 Å². The number of thiazole rings is 1. The van der Waals surface area contributed by atoms with Crippen LogP contribution in [-0.2, 0) is 6.61 Å². The summed E-state index contributed by atoms with van der Waals surface area (Å²) in [5.74, 6) is 0. The predicted octanol–water partition coefficient (Wildman–Crippen LogP) is 1.60. The molecule has 1 aromatic rings. The maximum absolute atomic E-state index is 8.56. The van der Waals surface area contributed by atoms with Crippen molar-refractivity contribution in [3.8, 4) is 0 Å². The van der Waals surface area contributed by atoms with E-state index in [0.29, 0.717) is 10.2 Å². The first-order chi connectivity index (χ1) is 4.24. The highest BCUT2D eigenvalue weighted by Crippen LogP contribution is 2.20. The molecule has 0 saturated carbocycles. The number of halogens is 1. The third-order valence-corrected chi connectivity index (χ3v) is 2.36. The number of nitrogens with zero attached hydrogens (tertiary/aromatic N) is 1. The fourth-order valence-corrected chi connectivity index (χ4v) is 1.45. The minimum atomic E-state index is -0.0156. The average Bonchev–Trinajstić information content (AvgIpc) is 2.13. The van der Waals surface area contributed by atoms with E-state index >= 15 is 0 Å². The van der Waals surface area contributed by atoms with Crippen LogP contribution in [0.3, 0.4) is 0 Å². The Balaban J connectivity index is 2.98. The lowest BCUT2D eigenvalue weighted by Gasteiger charge is -1.78. The van der Waals surface area contributed by atoms with Crippen molar-refractivity contribution in [3.63, 3.8) is 0 Å². The summed E-state index contributed by atoms with van der Waals surface area (Å²) in [6.45, 7) is 1.86. The molecule has 9 heavy (non-hydrogen) atoms. The van der Waals surface area contributed by atoms with Gasteiger partial charge in [0.05, 0.1) is 6.61 Å². The zero-order valence-electron chi connectivity index (χ0n) is 4.89. The Morgan fingerprint density at radius 2 is 2.44 bits per heavy atom. The summed E-state index contributed by atoms with van der Waals surface area (Å²) in [6.07, 6.45) is 0. The van der Waals surface area contributed by atoms with Gasteiger partial charge in [0.25, 0.3) is 0 Å². The molecule has 4 heteroatoms. The molecule has 0 spiro atoms. The summed E-state index contributed by atoms with van der Waals surface area (Å²) in [7, 11) is 0. The summed E-state index contributed by atoms with van der Waals surface area (Å²) in [4.78, 5) is 4.82. The molecule has 0 saturated heterocycles. The molecule has 0 amide bonds. The largest absolute Gasteiger partial charge is 0.389 e. The summed E-state index contributed by atoms with van der Waals surface area (Å²) in [5.41, 5.74) is 0. The first-order valence-corrected chi connectivity index (χ1v) is 3.66. The number of aromatic nitrogens is 1. The summed E-state index contributed by atoms with van der Waals surface area (Å²) in [6, 6.07) is 0. The third-order valence-electron chi connectivity index (χ3n) is 0.920. The lowest BCUT2D eigenvalue weighted by Crippen LogP contribution is -1.76. The molecule has 0 fully saturated rings. The van der Waals surface area contributed by atoms with Gasteiger partial charge in [0.15, 0.2) is 0 Å². The second-order valence-corrected chi connectivity index (χ2v) is 3.26. The van der Waals surface area contributed by atoms with Crippen LogP contribution in [0.5, 0.6) is 0 Å². The van der Waals surface area contributed by atoms with E-state index in [4.69, 9.17) is 16.7 Å². The number of aryl methyl sites for hydroxylation is 1. The molecule has 1 heterocycles. The summed E-state index contributed by atoms with van der Waals surface area (Å²) in [5, 5.41) is 9.75. The molecule has 0 bridgehead atoms. The van der Waals surface area contributed by atoms with Gasteiger partial charge in [-0.05, 0) is 6.92 Å². The molecule has 0 aromatic carbocycles. The fraction of sp³-hybridized carbons (Fsp3) is 0.400. The van der Waals surface area contributed by atoms with Gasteiger partial charge in [0.2, 0.25) is 0 Å². The Morgan fingerprint density at radius 1 is 1.78 bits per heavy atom. The highest BCUT2D eigenvalue weighted by molar-refractivity contribution is 7.12. The van der Waals surface area contributed by atoms with Crippen molar-refractivity contribution >= 4 is 22.9 Å². The summed E-state index contributed by atoms with van der Waals surface area (Å²) < 4.78 is 0. The normalized spacial score (nSPS) is 10.1. The van der Waals surface area contributed by atoms with Crippen LogP contribution < -0.4 is 0 Å². The SMILES string of the molecule is Cc1sc(CO)nc1Cl. The third kappa shape index (κ3) is 1.41. The minimum Gasteiger partial charge on any atom is -0.389 e. The first-order valence-electron chi connectivity index (χ1n) is 2.46. The van der Waals surface area contributed by atoms with Crippen molar-refractivity contribution < 1.29 is 5.11 Å². The van der Waals surface area contributed by atoms with Gasteiger partial charge < -0.3 is 5.11 Å². The van der Waals surface area contributed by atoms with Crippen molar-refractivity contribution in [1.82, 2.24) is 4.98 Å². The van der Waals surface area contributed by atoms with Crippen LogP contribution in [-0.4, -0.2) is 10.1 Å². The van der Waals surface area contributed by atoms with E-state index in [9.17, 15) is 0 Å². The van der Waals surface area contributed by atoms with Gasteiger partial charge in [-0.2, -0.15) is 0 Å². The Morgan fingerprint density at radius 3 is 2.67 bits per heavy atom. The molecule has 50 valence electrons. The quantitative estimate of drug-likeness (QED) is 0.682. The molecule has 0 aliphatic heterocycles. The predicted molar refractivity (Wildman–Crippen MR) is 37.8 cm³/mol. The number of rotatable bonds is 1. The van der Waals surface area contributed by atoms with E-state index in [0.717, 1.165) is 4.88 Å². The van der Waals surface area contributed by atoms with Gasteiger partial charge >= 0.3 is 0 Å². The summed E-state index contributed by atoms with van der Waals surface area (Å²) >= 11 is 7.02. The topological polar surface area (TPSA) is 33.1 Å². The minimum absolute atomic E-state index is 0.0156. The zero-order chi connectivity index (χ0) is 6.85. The molecule has 0 aliphatic carbocycles. The van der Waals surface area contributed by atoms with Gasteiger partial charge in [-0.25, -0.2) is 4.98 Å². The Hall–Kier alpha value is -0.120. The second kappa shape index (κ2) is 2.64. The van der Waals surface area contributed by atoms with Crippen LogP contribution in [0.15, 0.2) is 0 Å². The Bertz CT molecular complexity index is 191. The fourth-order valence-electron chi connectivity index (χ4n) is 0.497. The van der Waals surface area contributed by atoms with E-state index < -0.39 is 0 Å². The van der Waals surface area contributed by atoms with E-state index in [2.05, 4.69) is 4.98 Å². The standard InChI is InChI=1S/C5H6ClNOS/c1-3-5(6)7-4(2-8)9-3/h8H,2H2,1H3. The van der Waals surface area contributed by atoms with E-state index in [1.807, 2.05) is 6.92 Å². The first kappa shape index (κ1) is 6.99. The van der Waals surface area contributed by atoms with Crippen molar-refractivity contribution in [2.75, 3.05) is 0 Å². The molecule has 0 radical (unpaired) electrons. The number of hydrogen-bond donors (Lipinski definition) is 1. The molecular weight excluding hydrogens is 158 g/mol. The second-order valence-electron chi connectivity index (χ2n) is 1.61. The van der Waals surface area contributed by atoms with E-state index in [1.165, 1.54) is 11.3 Å². The lowest BCUT2D eigenvalue weighted by atomic mass is 10.6. The van der Waals surface area contributed by atoms with Gasteiger partial charge in [-0.1, -0.05) is 11.6 Å². The van der Waals surface area contributed by atoms with Gasteiger partial charge in [0, 0.05) is 4.88 Å². The average molecular weight is 164 g/mol. The maximum Gasteiger partial charge on any atom is 0.143 e. The highest BCUT2D eigenvalue weighted by atomic mass is 35.5.